The lowest BCUT2D eigenvalue weighted by molar-refractivity contribution is -0.0315. The second-order valence-corrected chi connectivity index (χ2v) is 7.59. The highest BCUT2D eigenvalue weighted by atomic mass is 16.5. The third-order valence-corrected chi connectivity index (χ3v) is 5.91. The van der Waals surface area contributed by atoms with Crippen LogP contribution in [0, 0.1) is 0 Å². The Bertz CT molecular complexity index is 696. The van der Waals surface area contributed by atoms with Crippen molar-refractivity contribution in [2.75, 3.05) is 19.7 Å². The van der Waals surface area contributed by atoms with Gasteiger partial charge in [0.1, 0.15) is 0 Å². The maximum absolute atomic E-state index is 9.86. The van der Waals surface area contributed by atoms with Gasteiger partial charge in [0, 0.05) is 19.1 Å². The first-order valence-corrected chi connectivity index (χ1v) is 9.81. The fraction of sp³-hybridized carbons (Fsp3) is 0.545. The quantitative estimate of drug-likeness (QED) is 0.900. The van der Waals surface area contributed by atoms with Gasteiger partial charge in [0.15, 0.2) is 0 Å². The van der Waals surface area contributed by atoms with Gasteiger partial charge >= 0.3 is 0 Å². The fourth-order valence-corrected chi connectivity index (χ4v) is 4.59. The topological polar surface area (TPSA) is 32.7 Å². The van der Waals surface area contributed by atoms with E-state index >= 15 is 0 Å². The monoisotopic (exact) mass is 339 g/mol. The largest absolute Gasteiger partial charge is 0.392 e. The van der Waals surface area contributed by atoms with E-state index in [0.29, 0.717) is 12.1 Å². The second-order valence-electron chi connectivity index (χ2n) is 7.59. The molecule has 25 heavy (non-hydrogen) atoms. The Kier molecular flexibility index (Phi) is 5.35. The first-order valence-electron chi connectivity index (χ1n) is 9.81. The molecule has 3 atom stereocenters. The smallest absolute Gasteiger partial charge is 0.0730 e. The van der Waals surface area contributed by atoms with E-state index in [1.807, 2.05) is 0 Å². The summed E-state index contributed by atoms with van der Waals surface area (Å²) in [7, 11) is 0. The van der Waals surface area contributed by atoms with Gasteiger partial charge in [-0.2, -0.15) is 0 Å². The zero-order valence-electron chi connectivity index (χ0n) is 14.9. The molecule has 2 aliphatic rings. The van der Waals surface area contributed by atoms with Crippen molar-refractivity contribution in [1.29, 1.82) is 0 Å². The van der Waals surface area contributed by atoms with Gasteiger partial charge < -0.3 is 9.84 Å². The van der Waals surface area contributed by atoms with E-state index in [0.717, 1.165) is 39.0 Å². The van der Waals surface area contributed by atoms with Gasteiger partial charge in [-0.05, 0) is 42.0 Å². The first kappa shape index (κ1) is 17.0. The highest BCUT2D eigenvalue weighted by molar-refractivity contribution is 5.85. The summed E-state index contributed by atoms with van der Waals surface area (Å²) in [4.78, 5) is 2.46. The average molecular weight is 339 g/mol. The molecule has 1 saturated carbocycles. The standard InChI is InChI=1S/C22H29NO2/c24-19-12-14-23(16-19)21-10-3-4-11-22(21)25-15-13-18-8-5-7-17-6-1-2-9-20(17)18/h1-2,5-9,19,21-22,24H,3-4,10-16H2/t19?,21?,22-/m0/s1. The molecule has 0 bridgehead atoms. The molecule has 2 aromatic rings. The van der Waals surface area contributed by atoms with Crippen LogP contribution in [-0.2, 0) is 11.2 Å². The van der Waals surface area contributed by atoms with Crippen LogP contribution in [-0.4, -0.2) is 48.0 Å². The van der Waals surface area contributed by atoms with Crippen molar-refractivity contribution in [2.45, 2.75) is 56.8 Å². The third kappa shape index (κ3) is 3.89. The number of aliphatic hydroxyl groups excluding tert-OH is 1. The molecule has 2 aromatic carbocycles. The van der Waals surface area contributed by atoms with Crippen LogP contribution in [0.5, 0.6) is 0 Å². The molecule has 0 aromatic heterocycles. The van der Waals surface area contributed by atoms with E-state index in [4.69, 9.17) is 4.74 Å². The highest BCUT2D eigenvalue weighted by Crippen LogP contribution is 2.28. The Morgan fingerprint density at radius 3 is 2.72 bits per heavy atom. The van der Waals surface area contributed by atoms with Crippen LogP contribution < -0.4 is 0 Å². The van der Waals surface area contributed by atoms with Crippen LogP contribution in [0.3, 0.4) is 0 Å². The van der Waals surface area contributed by atoms with Gasteiger partial charge in [-0.25, -0.2) is 0 Å². The first-order chi connectivity index (χ1) is 12.3. The number of β-amino-alcohol motifs (C(OH)–C–C–N with tert-alkyl or cyclic N) is 1. The zero-order chi connectivity index (χ0) is 17.1. The number of aliphatic hydroxyl groups is 1. The van der Waals surface area contributed by atoms with Gasteiger partial charge in [0.2, 0.25) is 0 Å². The van der Waals surface area contributed by atoms with Gasteiger partial charge in [0.25, 0.3) is 0 Å². The Morgan fingerprint density at radius 2 is 1.84 bits per heavy atom. The van der Waals surface area contributed by atoms with Gasteiger partial charge in [-0.1, -0.05) is 55.3 Å². The summed E-state index contributed by atoms with van der Waals surface area (Å²) in [6.45, 7) is 2.63. The summed E-state index contributed by atoms with van der Waals surface area (Å²) >= 11 is 0. The molecule has 2 fully saturated rings. The number of rotatable bonds is 5. The van der Waals surface area contributed by atoms with Crippen LogP contribution >= 0.6 is 0 Å². The molecule has 134 valence electrons. The predicted molar refractivity (Wildman–Crippen MR) is 102 cm³/mol. The lowest BCUT2D eigenvalue weighted by atomic mass is 9.91. The van der Waals surface area contributed by atoms with E-state index in [2.05, 4.69) is 47.4 Å². The summed E-state index contributed by atoms with van der Waals surface area (Å²) in [6.07, 6.45) is 7.00. The number of hydrogen-bond donors (Lipinski definition) is 1. The minimum atomic E-state index is -0.141. The molecule has 0 amide bonds. The van der Waals surface area contributed by atoms with Crippen LogP contribution in [0.15, 0.2) is 42.5 Å². The molecular weight excluding hydrogens is 310 g/mol. The lowest BCUT2D eigenvalue weighted by Crippen LogP contribution is -2.46. The lowest BCUT2D eigenvalue weighted by Gasteiger charge is -2.37. The normalized spacial score (nSPS) is 27.8. The van der Waals surface area contributed by atoms with Crippen LogP contribution in [0.2, 0.25) is 0 Å². The molecule has 1 N–H and O–H groups in total. The summed E-state index contributed by atoms with van der Waals surface area (Å²) < 4.78 is 6.37. The molecule has 1 aliphatic heterocycles. The van der Waals surface area contributed by atoms with Crippen molar-refractivity contribution in [1.82, 2.24) is 4.90 Å². The van der Waals surface area contributed by atoms with E-state index in [1.54, 1.807) is 0 Å². The number of hydrogen-bond acceptors (Lipinski definition) is 3. The van der Waals surface area contributed by atoms with E-state index < -0.39 is 0 Å². The van der Waals surface area contributed by atoms with Gasteiger partial charge in [-0.15, -0.1) is 0 Å². The number of benzene rings is 2. The van der Waals surface area contributed by atoms with Crippen LogP contribution in [0.1, 0.15) is 37.7 Å². The number of likely N-dealkylation sites (tertiary alicyclic amines) is 1. The van der Waals surface area contributed by atoms with Crippen molar-refractivity contribution < 1.29 is 9.84 Å². The highest BCUT2D eigenvalue weighted by Gasteiger charge is 2.34. The SMILES string of the molecule is OC1CCN(C2CCCC[C@@H]2OCCc2cccc3ccccc23)C1. The molecular formula is C22H29NO2. The molecule has 3 heteroatoms. The summed E-state index contributed by atoms with van der Waals surface area (Å²) in [5, 5.41) is 12.5. The van der Waals surface area contributed by atoms with Gasteiger partial charge in [-0.3, -0.25) is 4.90 Å². The van der Waals surface area contributed by atoms with Crippen molar-refractivity contribution >= 4 is 10.8 Å². The summed E-state index contributed by atoms with van der Waals surface area (Å²) in [5.74, 6) is 0. The number of nitrogens with zero attached hydrogens (tertiary/aromatic N) is 1. The van der Waals surface area contributed by atoms with Crippen molar-refractivity contribution in [3.05, 3.63) is 48.0 Å². The molecule has 0 spiro atoms. The number of fused-ring (bicyclic) bond motifs is 1. The number of ether oxygens (including phenoxy) is 1. The average Bonchev–Trinajstić information content (AvgIpc) is 3.08. The zero-order valence-corrected chi connectivity index (χ0v) is 14.9. The Morgan fingerprint density at radius 1 is 1.00 bits per heavy atom. The molecule has 1 heterocycles. The van der Waals surface area contributed by atoms with Crippen molar-refractivity contribution in [3.63, 3.8) is 0 Å². The minimum Gasteiger partial charge on any atom is -0.392 e. The second kappa shape index (κ2) is 7.86. The third-order valence-electron chi connectivity index (χ3n) is 5.91. The Labute approximate surface area is 150 Å². The Balaban J connectivity index is 1.38. The molecule has 1 aliphatic carbocycles. The van der Waals surface area contributed by atoms with Crippen molar-refractivity contribution in [3.8, 4) is 0 Å². The Hall–Kier alpha value is -1.42. The molecule has 2 unspecified atom stereocenters. The minimum absolute atomic E-state index is 0.141. The molecule has 3 nitrogen and oxygen atoms in total. The van der Waals surface area contributed by atoms with E-state index in [9.17, 15) is 5.11 Å². The summed E-state index contributed by atoms with van der Waals surface area (Å²) in [6, 6.07) is 15.6. The maximum atomic E-state index is 9.86. The van der Waals surface area contributed by atoms with Crippen LogP contribution in [0.25, 0.3) is 10.8 Å². The van der Waals surface area contributed by atoms with Crippen molar-refractivity contribution in [2.24, 2.45) is 0 Å². The van der Waals surface area contributed by atoms with Gasteiger partial charge in [0.05, 0.1) is 18.8 Å². The predicted octanol–water partition coefficient (Wildman–Crippen LogP) is 3.78. The molecule has 1 saturated heterocycles. The molecule has 0 radical (unpaired) electrons. The maximum Gasteiger partial charge on any atom is 0.0730 e. The van der Waals surface area contributed by atoms with Crippen LogP contribution in [0.4, 0.5) is 0 Å². The molecule has 4 rings (SSSR count). The van der Waals surface area contributed by atoms with E-state index in [-0.39, 0.29) is 6.10 Å². The van der Waals surface area contributed by atoms with E-state index in [1.165, 1.54) is 35.6 Å². The summed E-state index contributed by atoms with van der Waals surface area (Å²) in [5.41, 5.74) is 1.38. The fourth-order valence-electron chi connectivity index (χ4n) is 4.59.